The van der Waals surface area contributed by atoms with E-state index in [4.69, 9.17) is 1.37 Å². The first-order valence-corrected chi connectivity index (χ1v) is 3.55. The van der Waals surface area contributed by atoms with E-state index in [-0.39, 0.29) is 6.40 Å². The Morgan fingerprint density at radius 2 is 2.00 bits per heavy atom. The summed E-state index contributed by atoms with van der Waals surface area (Å²) in [5.74, 6) is 0.809. The van der Waals surface area contributed by atoms with Crippen molar-refractivity contribution in [2.75, 3.05) is 0 Å². The first kappa shape index (κ1) is 6.12. The molecule has 0 aromatic carbocycles. The van der Waals surface area contributed by atoms with Crippen LogP contribution in [0.25, 0.3) is 0 Å². The number of rotatable bonds is 4. The van der Waals surface area contributed by atoms with Gasteiger partial charge in [0.15, 0.2) is 0 Å². The molecule has 0 N–H and O–H groups in total. The lowest BCUT2D eigenvalue weighted by molar-refractivity contribution is 0.534. The largest absolute Gasteiger partial charge is 0.0654 e. The Kier molecular flexibility index (Phi) is 3.94. The summed E-state index contributed by atoms with van der Waals surface area (Å²) in [4.78, 5) is 0. The fourth-order valence-corrected chi connectivity index (χ4v) is 0.730. The van der Waals surface area contributed by atoms with Crippen molar-refractivity contribution in [2.45, 2.75) is 46.4 Å². The minimum Gasteiger partial charge on any atom is -0.0654 e. The van der Waals surface area contributed by atoms with E-state index in [1.165, 1.54) is 12.8 Å². The average Bonchev–Trinajstić information content (AvgIpc) is 1.63. The quantitative estimate of drug-likeness (QED) is 0.527. The van der Waals surface area contributed by atoms with Gasteiger partial charge in [-0.25, -0.2) is 0 Å². The van der Waals surface area contributed by atoms with Gasteiger partial charge in [0.1, 0.15) is 0 Å². The molecule has 0 heteroatoms. The Morgan fingerprint density at radius 1 is 1.38 bits per heavy atom. The number of hydrogen-bond donors (Lipinski definition) is 0. The minimum atomic E-state index is 0.142. The molecule has 0 aromatic rings. The third-order valence-corrected chi connectivity index (χ3v) is 1.27. The summed E-state index contributed by atoms with van der Waals surface area (Å²) >= 11 is 0. The Balaban J connectivity index is 2.91. The molecule has 1 atom stereocenters. The van der Waals surface area contributed by atoms with Gasteiger partial charge in [0.2, 0.25) is 0 Å². The van der Waals surface area contributed by atoms with E-state index >= 15 is 0 Å². The lowest BCUT2D eigenvalue weighted by atomic mass is 10.1. The fraction of sp³-hybridized carbons (Fsp3) is 1.00. The van der Waals surface area contributed by atoms with Gasteiger partial charge in [0.05, 0.1) is 0 Å². The van der Waals surface area contributed by atoms with Crippen LogP contribution in [0.1, 0.15) is 47.8 Å². The smallest absolute Gasteiger partial charge is 0.0264 e. The molecule has 0 fully saturated rings. The van der Waals surface area contributed by atoms with Gasteiger partial charge in [-0.2, -0.15) is 0 Å². The summed E-state index contributed by atoms with van der Waals surface area (Å²) in [5.41, 5.74) is 0. The van der Waals surface area contributed by atoms with E-state index < -0.39 is 0 Å². The van der Waals surface area contributed by atoms with Crippen molar-refractivity contribution < 1.29 is 1.37 Å². The molecule has 0 heterocycles. The standard InChI is InChI=1S/C8H18/c1-4-5-6-7-8(2)3/h8H,4-7H2,1-3H3/i4D. The van der Waals surface area contributed by atoms with Crippen molar-refractivity contribution in [3.8, 4) is 0 Å². The van der Waals surface area contributed by atoms with Gasteiger partial charge in [-0.15, -0.1) is 0 Å². The van der Waals surface area contributed by atoms with Gasteiger partial charge >= 0.3 is 0 Å². The van der Waals surface area contributed by atoms with E-state index in [9.17, 15) is 0 Å². The van der Waals surface area contributed by atoms with Crippen molar-refractivity contribution >= 4 is 0 Å². The van der Waals surface area contributed by atoms with Crippen LogP contribution in [0.15, 0.2) is 0 Å². The zero-order chi connectivity index (χ0) is 7.28. The highest BCUT2D eigenvalue weighted by molar-refractivity contribution is 4.44. The highest BCUT2D eigenvalue weighted by atomic mass is 14.0. The lowest BCUT2D eigenvalue weighted by Gasteiger charge is -2.00. The summed E-state index contributed by atoms with van der Waals surface area (Å²) < 4.78 is 7.22. The second-order valence-electron chi connectivity index (χ2n) is 2.73. The van der Waals surface area contributed by atoms with Crippen LogP contribution in [-0.2, 0) is 0 Å². The van der Waals surface area contributed by atoms with Crippen molar-refractivity contribution in [3.63, 3.8) is 0 Å². The van der Waals surface area contributed by atoms with E-state index in [1.807, 2.05) is 6.92 Å². The SMILES string of the molecule is [2H]C(C)CCCC(C)C. The fourth-order valence-electron chi connectivity index (χ4n) is 0.730. The predicted octanol–water partition coefficient (Wildman–Crippen LogP) is 3.22. The zero-order valence-electron chi connectivity index (χ0n) is 7.28. The van der Waals surface area contributed by atoms with E-state index in [1.54, 1.807) is 0 Å². The van der Waals surface area contributed by atoms with Crippen LogP contribution in [0.5, 0.6) is 0 Å². The first-order valence-electron chi connectivity index (χ1n) is 4.13. The minimum absolute atomic E-state index is 0.142. The maximum Gasteiger partial charge on any atom is 0.0264 e. The molecule has 8 heavy (non-hydrogen) atoms. The van der Waals surface area contributed by atoms with Crippen LogP contribution in [0.3, 0.4) is 0 Å². The Hall–Kier alpha value is 0. The van der Waals surface area contributed by atoms with Crippen molar-refractivity contribution in [1.29, 1.82) is 0 Å². The molecule has 0 aliphatic rings. The third-order valence-electron chi connectivity index (χ3n) is 1.27. The van der Waals surface area contributed by atoms with Gasteiger partial charge < -0.3 is 0 Å². The summed E-state index contributed by atoms with van der Waals surface area (Å²) in [6.07, 6.45) is 3.72. The van der Waals surface area contributed by atoms with Crippen LogP contribution in [0, 0.1) is 5.92 Å². The molecule has 0 aliphatic heterocycles. The molecule has 0 aliphatic carbocycles. The molecule has 0 spiro atoms. The van der Waals surface area contributed by atoms with Crippen LogP contribution >= 0.6 is 0 Å². The van der Waals surface area contributed by atoms with Gasteiger partial charge in [-0.05, 0) is 5.92 Å². The molecule has 0 amide bonds. The van der Waals surface area contributed by atoms with E-state index in [0.29, 0.717) is 0 Å². The summed E-state index contributed by atoms with van der Waals surface area (Å²) in [6, 6.07) is 0. The third kappa shape index (κ3) is 6.00. The summed E-state index contributed by atoms with van der Waals surface area (Å²) in [5, 5.41) is 0. The van der Waals surface area contributed by atoms with E-state index in [0.717, 1.165) is 12.3 Å². The van der Waals surface area contributed by atoms with Crippen molar-refractivity contribution in [1.82, 2.24) is 0 Å². The molecule has 0 saturated heterocycles. The van der Waals surface area contributed by atoms with Crippen LogP contribution in [0.4, 0.5) is 0 Å². The topological polar surface area (TPSA) is 0 Å². The van der Waals surface area contributed by atoms with E-state index in [2.05, 4.69) is 13.8 Å². The van der Waals surface area contributed by atoms with Crippen LogP contribution < -0.4 is 0 Å². The van der Waals surface area contributed by atoms with Crippen molar-refractivity contribution in [2.24, 2.45) is 5.92 Å². The van der Waals surface area contributed by atoms with Gasteiger partial charge in [0, 0.05) is 1.37 Å². The second kappa shape index (κ2) is 5.14. The van der Waals surface area contributed by atoms with Gasteiger partial charge in [-0.3, -0.25) is 0 Å². The molecule has 0 radical (unpaired) electrons. The van der Waals surface area contributed by atoms with Gasteiger partial charge in [0.25, 0.3) is 0 Å². The molecule has 0 aromatic heterocycles. The summed E-state index contributed by atoms with van der Waals surface area (Å²) in [6.45, 7) is 6.42. The molecule has 0 rings (SSSR count). The predicted molar refractivity (Wildman–Crippen MR) is 39.0 cm³/mol. The first-order chi connectivity index (χ1) is 4.13. The molecular formula is C8H18. The average molecular weight is 115 g/mol. The Bertz CT molecular complexity index is 49.6. The van der Waals surface area contributed by atoms with Crippen molar-refractivity contribution in [3.05, 3.63) is 0 Å². The maximum absolute atomic E-state index is 7.22. The molecule has 1 unspecified atom stereocenters. The van der Waals surface area contributed by atoms with Gasteiger partial charge in [-0.1, -0.05) is 46.4 Å². The zero-order valence-corrected chi connectivity index (χ0v) is 6.28. The molecule has 0 nitrogen and oxygen atoms in total. The maximum atomic E-state index is 7.22. The monoisotopic (exact) mass is 115 g/mol. The Labute approximate surface area is 54.7 Å². The lowest BCUT2D eigenvalue weighted by Crippen LogP contribution is -1.85. The normalized spacial score (nSPS) is 16.2. The molecular weight excluding hydrogens is 96.1 g/mol. The molecule has 0 bridgehead atoms. The van der Waals surface area contributed by atoms with Crippen LogP contribution in [0.2, 0.25) is 0 Å². The number of hydrogen-bond acceptors (Lipinski definition) is 0. The van der Waals surface area contributed by atoms with Crippen LogP contribution in [-0.4, -0.2) is 0 Å². The highest BCUT2D eigenvalue weighted by Crippen LogP contribution is 2.06. The molecule has 0 saturated carbocycles. The molecule has 50 valence electrons. The summed E-state index contributed by atoms with van der Waals surface area (Å²) in [7, 11) is 0. The second-order valence-corrected chi connectivity index (χ2v) is 2.73. The Morgan fingerprint density at radius 3 is 2.38 bits per heavy atom. The highest BCUT2D eigenvalue weighted by Gasteiger charge is 1.90.